The second-order valence-electron chi connectivity index (χ2n) is 10.9. The summed E-state index contributed by atoms with van der Waals surface area (Å²) in [4.78, 5) is 30.1. The molecule has 0 unspecified atom stereocenters. The van der Waals surface area contributed by atoms with Crippen molar-refractivity contribution in [2.24, 2.45) is 5.92 Å². The van der Waals surface area contributed by atoms with Gasteiger partial charge < -0.3 is 14.7 Å². The minimum Gasteiger partial charge on any atom is -0.494 e. The van der Waals surface area contributed by atoms with Gasteiger partial charge in [-0.3, -0.25) is 14.6 Å². The number of aliphatic carboxylic acids is 1. The topological polar surface area (TPSA) is 79.7 Å². The van der Waals surface area contributed by atoms with Crippen molar-refractivity contribution in [1.29, 1.82) is 0 Å². The third kappa shape index (κ3) is 5.74. The van der Waals surface area contributed by atoms with Crippen LogP contribution in [-0.2, 0) is 28.0 Å². The Hall–Kier alpha value is -3.67. The predicted octanol–water partition coefficient (Wildman–Crippen LogP) is 6.03. The van der Waals surface area contributed by atoms with E-state index in [0.29, 0.717) is 26.0 Å². The summed E-state index contributed by atoms with van der Waals surface area (Å²) in [6.45, 7) is 1.05. The molecule has 3 aromatic rings. The van der Waals surface area contributed by atoms with Crippen LogP contribution in [0.5, 0.6) is 5.75 Å². The van der Waals surface area contributed by atoms with E-state index in [1.807, 2.05) is 43.6 Å². The molecule has 0 saturated heterocycles. The summed E-state index contributed by atoms with van der Waals surface area (Å²) in [5.41, 5.74) is 6.07. The second-order valence-corrected chi connectivity index (χ2v) is 10.9. The van der Waals surface area contributed by atoms with Gasteiger partial charge in [0.1, 0.15) is 5.75 Å². The Bertz CT molecular complexity index is 1280. The van der Waals surface area contributed by atoms with Gasteiger partial charge in [-0.1, -0.05) is 30.3 Å². The van der Waals surface area contributed by atoms with Crippen LogP contribution in [-0.4, -0.2) is 40.5 Å². The Balaban J connectivity index is 1.11. The van der Waals surface area contributed by atoms with E-state index >= 15 is 0 Å². The van der Waals surface area contributed by atoms with Crippen molar-refractivity contribution < 1.29 is 19.4 Å². The zero-order valence-corrected chi connectivity index (χ0v) is 22.1. The van der Waals surface area contributed by atoms with Crippen molar-refractivity contribution in [2.45, 2.75) is 63.3 Å². The lowest BCUT2D eigenvalue weighted by atomic mass is 9.67. The first kappa shape index (κ1) is 26.0. The van der Waals surface area contributed by atoms with Gasteiger partial charge >= 0.3 is 5.97 Å². The van der Waals surface area contributed by atoms with Crippen molar-refractivity contribution >= 4 is 11.9 Å². The van der Waals surface area contributed by atoms with E-state index in [9.17, 15) is 14.7 Å². The minimum absolute atomic E-state index is 0.100. The number of hydrogen-bond donors (Lipinski definition) is 1. The van der Waals surface area contributed by atoms with Gasteiger partial charge in [0.05, 0.1) is 12.5 Å². The van der Waals surface area contributed by atoms with Gasteiger partial charge in [0, 0.05) is 32.4 Å². The average molecular weight is 513 g/mol. The molecular weight excluding hydrogens is 476 g/mol. The summed E-state index contributed by atoms with van der Waals surface area (Å²) in [6, 6.07) is 18.6. The number of amides is 1. The molecule has 198 valence electrons. The number of carbonyl (C=O) groups is 2. The molecule has 1 aromatic heterocycles. The number of benzene rings is 2. The Morgan fingerprint density at radius 3 is 2.63 bits per heavy atom. The molecule has 6 nitrogen and oxygen atoms in total. The number of carboxylic acids is 1. The average Bonchev–Trinajstić information content (AvgIpc) is 3.28. The zero-order valence-electron chi connectivity index (χ0n) is 22.1. The van der Waals surface area contributed by atoms with Crippen LogP contribution in [0.25, 0.3) is 11.1 Å². The first-order valence-corrected chi connectivity index (χ1v) is 13.7. The Kier molecular flexibility index (Phi) is 7.77. The van der Waals surface area contributed by atoms with Crippen LogP contribution in [0, 0.1) is 5.92 Å². The van der Waals surface area contributed by atoms with Gasteiger partial charge in [-0.2, -0.15) is 0 Å². The summed E-state index contributed by atoms with van der Waals surface area (Å²) in [5, 5.41) is 9.38. The zero-order chi connectivity index (χ0) is 26.5. The first-order valence-electron chi connectivity index (χ1n) is 13.7. The lowest BCUT2D eigenvalue weighted by molar-refractivity contribution is -0.143. The largest absolute Gasteiger partial charge is 0.494 e. The van der Waals surface area contributed by atoms with Crippen LogP contribution in [0.1, 0.15) is 61.6 Å². The normalized spacial score (nSPS) is 20.2. The quantitative estimate of drug-likeness (QED) is 0.355. The highest BCUT2D eigenvalue weighted by Crippen LogP contribution is 2.50. The van der Waals surface area contributed by atoms with Crippen molar-refractivity contribution in [3.05, 3.63) is 83.7 Å². The fraction of sp³-hybridized carbons (Fsp3) is 0.406. The molecule has 0 atom stereocenters. The van der Waals surface area contributed by atoms with Crippen molar-refractivity contribution in [3.8, 4) is 16.9 Å². The van der Waals surface area contributed by atoms with E-state index in [1.165, 1.54) is 11.1 Å². The smallest absolute Gasteiger partial charge is 0.306 e. The number of aromatic nitrogens is 1. The van der Waals surface area contributed by atoms with E-state index in [2.05, 4.69) is 29.2 Å². The Morgan fingerprint density at radius 1 is 1.05 bits per heavy atom. The molecule has 2 aromatic carbocycles. The molecule has 6 heteroatoms. The molecule has 2 aliphatic rings. The molecule has 1 fully saturated rings. The first-order chi connectivity index (χ1) is 18.4. The molecule has 1 saturated carbocycles. The van der Waals surface area contributed by atoms with E-state index in [4.69, 9.17) is 4.74 Å². The number of hydrogen-bond acceptors (Lipinski definition) is 4. The third-order valence-electron chi connectivity index (χ3n) is 8.39. The number of carboxylic acid groups (broad SMARTS) is 1. The number of nitrogens with zero attached hydrogens (tertiary/aromatic N) is 2. The summed E-state index contributed by atoms with van der Waals surface area (Å²) < 4.78 is 6.07. The van der Waals surface area contributed by atoms with Gasteiger partial charge in [-0.15, -0.1) is 0 Å². The number of aryl methyl sites for hydroxylation is 1. The highest BCUT2D eigenvalue weighted by Gasteiger charge is 2.43. The van der Waals surface area contributed by atoms with Crippen LogP contribution in [0.4, 0.5) is 0 Å². The number of fused-ring (bicyclic) bond motifs is 2. The van der Waals surface area contributed by atoms with Crippen LogP contribution in [0.2, 0.25) is 0 Å². The molecule has 38 heavy (non-hydrogen) atoms. The maximum Gasteiger partial charge on any atom is 0.306 e. The van der Waals surface area contributed by atoms with Crippen LogP contribution in [0.3, 0.4) is 0 Å². The van der Waals surface area contributed by atoms with Gasteiger partial charge in [0.15, 0.2) is 0 Å². The van der Waals surface area contributed by atoms with Gasteiger partial charge in [0.2, 0.25) is 5.91 Å². The molecule has 1 amide bonds. The van der Waals surface area contributed by atoms with Gasteiger partial charge in [-0.25, -0.2) is 0 Å². The Morgan fingerprint density at radius 2 is 1.87 bits per heavy atom. The summed E-state index contributed by atoms with van der Waals surface area (Å²) in [5.74, 6) is 0.0837. The fourth-order valence-corrected chi connectivity index (χ4v) is 6.15. The minimum atomic E-state index is -0.659. The standard InChI is InChI=1S/C32H36N2O4/c1-34(22-23-5-2-6-26(19-23)27-7-3-17-33-21-27)30(35)8-4-18-38-28-10-9-24-11-14-32(29(24)20-28)15-12-25(13-16-32)31(36)37/h2-3,5-7,9-10,17,19-21,25H,4,8,11-16,18,22H2,1H3,(H,36,37). The highest BCUT2D eigenvalue weighted by atomic mass is 16.5. The molecule has 2 aliphatic carbocycles. The van der Waals surface area contributed by atoms with Crippen LogP contribution in [0.15, 0.2) is 67.0 Å². The third-order valence-corrected chi connectivity index (χ3v) is 8.39. The predicted molar refractivity (Wildman–Crippen MR) is 147 cm³/mol. The molecule has 5 rings (SSSR count). The SMILES string of the molecule is CN(Cc1cccc(-c2cccnc2)c1)C(=O)CCCOc1ccc2c(c1)C1(CC2)CCC(C(=O)O)CC1. The summed E-state index contributed by atoms with van der Waals surface area (Å²) >= 11 is 0. The molecular formula is C32H36N2O4. The monoisotopic (exact) mass is 512 g/mol. The van der Waals surface area contributed by atoms with E-state index in [-0.39, 0.29) is 17.2 Å². The molecule has 1 N–H and O–H groups in total. The van der Waals surface area contributed by atoms with Gasteiger partial charge in [0.25, 0.3) is 0 Å². The molecule has 1 heterocycles. The number of pyridine rings is 1. The maximum atomic E-state index is 12.8. The summed E-state index contributed by atoms with van der Waals surface area (Å²) in [6.07, 6.45) is 10.2. The van der Waals surface area contributed by atoms with Crippen molar-refractivity contribution in [2.75, 3.05) is 13.7 Å². The lowest BCUT2D eigenvalue weighted by Gasteiger charge is -2.37. The van der Waals surface area contributed by atoms with E-state index < -0.39 is 5.97 Å². The maximum absolute atomic E-state index is 12.8. The van der Waals surface area contributed by atoms with E-state index in [1.54, 1.807) is 11.1 Å². The summed E-state index contributed by atoms with van der Waals surface area (Å²) in [7, 11) is 1.85. The molecule has 0 aliphatic heterocycles. The fourth-order valence-electron chi connectivity index (χ4n) is 6.15. The van der Waals surface area contributed by atoms with Crippen molar-refractivity contribution in [3.63, 3.8) is 0 Å². The van der Waals surface area contributed by atoms with Crippen LogP contribution >= 0.6 is 0 Å². The van der Waals surface area contributed by atoms with Gasteiger partial charge in [-0.05, 0) is 102 Å². The number of carbonyl (C=O) groups excluding carboxylic acids is 1. The highest BCUT2D eigenvalue weighted by molar-refractivity contribution is 5.76. The van der Waals surface area contributed by atoms with E-state index in [0.717, 1.165) is 61.0 Å². The van der Waals surface area contributed by atoms with Crippen LogP contribution < -0.4 is 4.74 Å². The molecule has 1 spiro atoms. The second kappa shape index (κ2) is 11.4. The van der Waals surface area contributed by atoms with Crippen molar-refractivity contribution in [1.82, 2.24) is 9.88 Å². The lowest BCUT2D eigenvalue weighted by Crippen LogP contribution is -2.32. The number of ether oxygens (including phenoxy) is 1. The molecule has 0 bridgehead atoms. The molecule has 0 radical (unpaired) electrons. The Labute approximate surface area is 224 Å². The number of rotatable bonds is 9.